The summed E-state index contributed by atoms with van der Waals surface area (Å²) in [7, 11) is 1.79. The summed E-state index contributed by atoms with van der Waals surface area (Å²) in [6.07, 6.45) is 6.37. The number of rotatable bonds is 6. The fourth-order valence-corrected chi connectivity index (χ4v) is 1.51. The van der Waals surface area contributed by atoms with Crippen molar-refractivity contribution in [3.8, 4) is 0 Å². The number of hydrogen-bond donors (Lipinski definition) is 2. The summed E-state index contributed by atoms with van der Waals surface area (Å²) in [4.78, 5) is 11.8. The van der Waals surface area contributed by atoms with Gasteiger partial charge in [0, 0.05) is 25.8 Å². The second-order valence-electron chi connectivity index (χ2n) is 3.95. The van der Waals surface area contributed by atoms with Gasteiger partial charge in [-0.1, -0.05) is 19.8 Å². The first kappa shape index (κ1) is 15.9. The number of carbonyl (C=O) groups is 1. The number of nitrogens with zero attached hydrogens (tertiary/aromatic N) is 2. The average molecular weight is 261 g/mol. The molecule has 0 aliphatic rings. The van der Waals surface area contributed by atoms with E-state index in [0.717, 1.165) is 19.3 Å². The van der Waals surface area contributed by atoms with E-state index in [-0.39, 0.29) is 24.4 Å². The molecule has 98 valence electrons. The maximum atomic E-state index is 11.8. The Balaban J connectivity index is 0.00000256. The molecule has 0 aromatic carbocycles. The Hall–Kier alpha value is -1.07. The largest absolute Gasteiger partial charge is 0.348 e. The summed E-state index contributed by atoms with van der Waals surface area (Å²) < 4.78 is 1.61. The number of aryl methyl sites for hydroxylation is 1. The summed E-state index contributed by atoms with van der Waals surface area (Å²) in [6, 6.07) is 0.0626. The molecule has 0 aliphatic heterocycles. The van der Waals surface area contributed by atoms with E-state index in [4.69, 9.17) is 5.73 Å². The molecular formula is C11H21ClN4O. The van der Waals surface area contributed by atoms with Crippen LogP contribution in [0.15, 0.2) is 12.4 Å². The van der Waals surface area contributed by atoms with E-state index in [1.165, 1.54) is 0 Å². The smallest absolute Gasteiger partial charge is 0.254 e. The van der Waals surface area contributed by atoms with Gasteiger partial charge in [0.1, 0.15) is 0 Å². The normalized spacial score (nSPS) is 11.7. The van der Waals surface area contributed by atoms with Crippen molar-refractivity contribution in [2.45, 2.75) is 32.2 Å². The molecule has 1 unspecified atom stereocenters. The first-order chi connectivity index (χ1) is 7.67. The van der Waals surface area contributed by atoms with E-state index in [9.17, 15) is 4.79 Å². The topological polar surface area (TPSA) is 72.9 Å². The summed E-state index contributed by atoms with van der Waals surface area (Å²) in [5.74, 6) is -0.0975. The molecule has 1 heterocycles. The van der Waals surface area contributed by atoms with Gasteiger partial charge in [0.05, 0.1) is 11.8 Å². The third kappa shape index (κ3) is 5.19. The van der Waals surface area contributed by atoms with Crippen LogP contribution in [0.2, 0.25) is 0 Å². The second kappa shape index (κ2) is 8.08. The zero-order chi connectivity index (χ0) is 12.0. The monoisotopic (exact) mass is 260 g/mol. The number of nitrogens with two attached hydrogens (primary N) is 1. The first-order valence-corrected chi connectivity index (χ1v) is 5.67. The SMILES string of the molecule is CCCCC(CN)NC(=O)c1cnn(C)c1.Cl. The van der Waals surface area contributed by atoms with E-state index >= 15 is 0 Å². The molecule has 0 aliphatic carbocycles. The Morgan fingerprint density at radius 2 is 2.35 bits per heavy atom. The molecule has 3 N–H and O–H groups in total. The van der Waals surface area contributed by atoms with Crippen molar-refractivity contribution in [2.75, 3.05) is 6.54 Å². The molecule has 0 saturated heterocycles. The maximum absolute atomic E-state index is 11.8. The van der Waals surface area contributed by atoms with Crippen LogP contribution in [-0.4, -0.2) is 28.3 Å². The zero-order valence-electron chi connectivity index (χ0n) is 10.3. The molecule has 6 heteroatoms. The van der Waals surface area contributed by atoms with Gasteiger partial charge in [-0.15, -0.1) is 12.4 Å². The minimum Gasteiger partial charge on any atom is -0.348 e. The lowest BCUT2D eigenvalue weighted by Gasteiger charge is -2.15. The van der Waals surface area contributed by atoms with Crippen molar-refractivity contribution in [2.24, 2.45) is 12.8 Å². The van der Waals surface area contributed by atoms with Crippen LogP contribution in [0, 0.1) is 0 Å². The standard InChI is InChI=1S/C11H20N4O.ClH/c1-3-4-5-10(6-12)14-11(16)9-7-13-15(2)8-9;/h7-8,10H,3-6,12H2,1-2H3,(H,14,16);1H. The number of carbonyl (C=O) groups excluding carboxylic acids is 1. The predicted octanol–water partition coefficient (Wildman–Crippen LogP) is 1.09. The van der Waals surface area contributed by atoms with Crippen LogP contribution < -0.4 is 11.1 Å². The Labute approximate surface area is 108 Å². The van der Waals surface area contributed by atoms with Crippen molar-refractivity contribution in [1.29, 1.82) is 0 Å². The van der Waals surface area contributed by atoms with E-state index in [0.29, 0.717) is 12.1 Å². The van der Waals surface area contributed by atoms with Crippen molar-refractivity contribution in [3.63, 3.8) is 0 Å². The molecular weight excluding hydrogens is 240 g/mol. The molecule has 0 spiro atoms. The fourth-order valence-electron chi connectivity index (χ4n) is 1.51. The number of hydrogen-bond acceptors (Lipinski definition) is 3. The molecule has 0 bridgehead atoms. The summed E-state index contributed by atoms with van der Waals surface area (Å²) in [6.45, 7) is 2.60. The van der Waals surface area contributed by atoms with Crippen LogP contribution >= 0.6 is 12.4 Å². The molecule has 17 heavy (non-hydrogen) atoms. The van der Waals surface area contributed by atoms with E-state index in [2.05, 4.69) is 17.3 Å². The molecule has 1 aromatic rings. The highest BCUT2D eigenvalue weighted by atomic mass is 35.5. The number of unbranched alkanes of at least 4 members (excludes halogenated alkanes) is 1. The lowest BCUT2D eigenvalue weighted by atomic mass is 10.1. The third-order valence-electron chi connectivity index (χ3n) is 2.49. The first-order valence-electron chi connectivity index (χ1n) is 5.67. The van der Waals surface area contributed by atoms with Crippen molar-refractivity contribution >= 4 is 18.3 Å². The van der Waals surface area contributed by atoms with Gasteiger partial charge >= 0.3 is 0 Å². The molecule has 0 saturated carbocycles. The summed E-state index contributed by atoms with van der Waals surface area (Å²) in [5, 5.41) is 6.87. The van der Waals surface area contributed by atoms with E-state index in [1.807, 2.05) is 0 Å². The highest BCUT2D eigenvalue weighted by Crippen LogP contribution is 2.02. The number of nitrogens with one attached hydrogen (secondary N) is 1. The summed E-state index contributed by atoms with van der Waals surface area (Å²) in [5.41, 5.74) is 6.19. The molecule has 1 amide bonds. The second-order valence-corrected chi connectivity index (χ2v) is 3.95. The van der Waals surface area contributed by atoms with Gasteiger partial charge in [-0.05, 0) is 6.42 Å². The van der Waals surface area contributed by atoms with Gasteiger partial charge in [0.2, 0.25) is 0 Å². The quantitative estimate of drug-likeness (QED) is 0.804. The van der Waals surface area contributed by atoms with Crippen molar-refractivity contribution in [1.82, 2.24) is 15.1 Å². The lowest BCUT2D eigenvalue weighted by Crippen LogP contribution is -2.40. The Kier molecular flexibility index (Phi) is 7.58. The Morgan fingerprint density at radius 1 is 1.65 bits per heavy atom. The fraction of sp³-hybridized carbons (Fsp3) is 0.636. The lowest BCUT2D eigenvalue weighted by molar-refractivity contribution is 0.0935. The van der Waals surface area contributed by atoms with Crippen LogP contribution in [0.1, 0.15) is 36.5 Å². The van der Waals surface area contributed by atoms with Gasteiger partial charge in [-0.25, -0.2) is 0 Å². The molecule has 1 atom stereocenters. The molecule has 1 aromatic heterocycles. The Morgan fingerprint density at radius 3 is 2.82 bits per heavy atom. The molecule has 5 nitrogen and oxygen atoms in total. The number of halogens is 1. The molecule has 1 rings (SSSR count). The van der Waals surface area contributed by atoms with E-state index < -0.39 is 0 Å². The maximum Gasteiger partial charge on any atom is 0.254 e. The minimum absolute atomic E-state index is 0. The number of aromatic nitrogens is 2. The zero-order valence-corrected chi connectivity index (χ0v) is 11.2. The minimum atomic E-state index is -0.0975. The average Bonchev–Trinajstić information content (AvgIpc) is 2.70. The number of amides is 1. The van der Waals surface area contributed by atoms with Crippen LogP contribution in [0.25, 0.3) is 0 Å². The van der Waals surface area contributed by atoms with Crippen molar-refractivity contribution in [3.05, 3.63) is 18.0 Å². The highest BCUT2D eigenvalue weighted by Gasteiger charge is 2.12. The van der Waals surface area contributed by atoms with Gasteiger partial charge in [-0.3, -0.25) is 9.48 Å². The van der Waals surface area contributed by atoms with Crippen LogP contribution in [0.5, 0.6) is 0 Å². The third-order valence-corrected chi connectivity index (χ3v) is 2.49. The Bertz CT molecular complexity index is 340. The van der Waals surface area contributed by atoms with E-state index in [1.54, 1.807) is 24.1 Å². The molecule has 0 fully saturated rings. The van der Waals surface area contributed by atoms with Gasteiger partial charge in [-0.2, -0.15) is 5.10 Å². The molecule has 0 radical (unpaired) electrons. The summed E-state index contributed by atoms with van der Waals surface area (Å²) >= 11 is 0. The van der Waals surface area contributed by atoms with Gasteiger partial charge in [0.25, 0.3) is 5.91 Å². The van der Waals surface area contributed by atoms with Crippen LogP contribution in [0.4, 0.5) is 0 Å². The van der Waals surface area contributed by atoms with Crippen LogP contribution in [-0.2, 0) is 7.05 Å². The predicted molar refractivity (Wildman–Crippen MR) is 70.3 cm³/mol. The van der Waals surface area contributed by atoms with Gasteiger partial charge < -0.3 is 11.1 Å². The van der Waals surface area contributed by atoms with Crippen molar-refractivity contribution < 1.29 is 4.79 Å². The van der Waals surface area contributed by atoms with Gasteiger partial charge in [0.15, 0.2) is 0 Å². The van der Waals surface area contributed by atoms with Crippen LogP contribution in [0.3, 0.4) is 0 Å². The highest BCUT2D eigenvalue weighted by molar-refractivity contribution is 5.93.